The van der Waals surface area contributed by atoms with Crippen molar-refractivity contribution in [1.82, 2.24) is 3.97 Å². The van der Waals surface area contributed by atoms with Crippen molar-refractivity contribution >= 4 is 26.7 Å². The van der Waals surface area contributed by atoms with E-state index >= 15 is 0 Å². The van der Waals surface area contributed by atoms with Crippen molar-refractivity contribution in [2.24, 2.45) is 0 Å². The lowest BCUT2D eigenvalue weighted by atomic mass is 9.92. The van der Waals surface area contributed by atoms with Crippen LogP contribution in [0.25, 0.3) is 22.0 Å². The lowest BCUT2D eigenvalue weighted by molar-refractivity contribution is 0.0982. The highest BCUT2D eigenvalue weighted by Crippen LogP contribution is 2.33. The second-order valence-corrected chi connectivity index (χ2v) is 9.56. The van der Waals surface area contributed by atoms with Gasteiger partial charge >= 0.3 is 0 Å². The summed E-state index contributed by atoms with van der Waals surface area (Å²) in [6.45, 7) is 3.97. The van der Waals surface area contributed by atoms with E-state index in [1.54, 1.807) is 42.6 Å². The molecule has 1 heterocycles. The first kappa shape index (κ1) is 21.1. The van der Waals surface area contributed by atoms with E-state index in [-0.39, 0.29) is 10.7 Å². The average molecular weight is 432 g/mol. The zero-order chi connectivity index (χ0) is 22.0. The fraction of sp³-hybridized carbons (Fsp3) is 0.192. The Bertz CT molecular complexity index is 1330. The fourth-order valence-corrected chi connectivity index (χ4v) is 5.19. The number of benzene rings is 3. The molecule has 0 aliphatic carbocycles. The van der Waals surface area contributed by atoms with Gasteiger partial charge in [-0.25, -0.2) is 12.4 Å². The molecule has 0 saturated heterocycles. The summed E-state index contributed by atoms with van der Waals surface area (Å²) in [5, 5.41) is 0.665. The van der Waals surface area contributed by atoms with Gasteiger partial charge in [-0.05, 0) is 48.7 Å². The summed E-state index contributed by atoms with van der Waals surface area (Å²) in [5.41, 5.74) is 3.88. The molecule has 0 aliphatic heterocycles. The summed E-state index contributed by atoms with van der Waals surface area (Å²) in [6.07, 6.45) is 3.70. The van der Waals surface area contributed by atoms with Crippen LogP contribution >= 0.6 is 0 Å². The minimum absolute atomic E-state index is 0.0387. The first-order valence-electron chi connectivity index (χ1n) is 10.5. The van der Waals surface area contributed by atoms with E-state index in [9.17, 15) is 13.2 Å². The molecule has 0 bridgehead atoms. The standard InChI is InChI=1S/C26H25NO3S/c1-3-4-10-25(28)26-22(20-8-6-5-7-9-20)15-16-24-23(26)17-18-27(24)31(29,30)21-13-11-19(2)12-14-21/h5-9,11-18H,3-4,10H2,1-2H3. The largest absolute Gasteiger partial charge is 0.294 e. The molecule has 5 heteroatoms. The van der Waals surface area contributed by atoms with Gasteiger partial charge in [0, 0.05) is 23.6 Å². The van der Waals surface area contributed by atoms with Gasteiger partial charge in [-0.2, -0.15) is 0 Å². The number of aromatic nitrogens is 1. The number of carbonyl (C=O) groups is 1. The Kier molecular flexibility index (Phi) is 5.79. The van der Waals surface area contributed by atoms with Crippen molar-refractivity contribution in [3.8, 4) is 11.1 Å². The number of hydrogen-bond acceptors (Lipinski definition) is 3. The molecule has 3 aromatic carbocycles. The molecule has 158 valence electrons. The molecular weight excluding hydrogens is 406 g/mol. The lowest BCUT2D eigenvalue weighted by Gasteiger charge is -2.13. The number of Topliss-reactive ketones (excluding diaryl/α,β-unsaturated/α-hetero) is 1. The van der Waals surface area contributed by atoms with Gasteiger partial charge in [-0.1, -0.05) is 67.4 Å². The van der Waals surface area contributed by atoms with Crippen LogP contribution in [0.2, 0.25) is 0 Å². The topological polar surface area (TPSA) is 56.1 Å². The normalized spacial score (nSPS) is 11.7. The summed E-state index contributed by atoms with van der Waals surface area (Å²) in [5.74, 6) is 0.0387. The molecule has 0 amide bonds. The van der Waals surface area contributed by atoms with Crippen LogP contribution in [0.4, 0.5) is 0 Å². The van der Waals surface area contributed by atoms with E-state index in [0.29, 0.717) is 22.9 Å². The third-order valence-corrected chi connectivity index (χ3v) is 7.24. The van der Waals surface area contributed by atoms with Crippen LogP contribution in [0.5, 0.6) is 0 Å². The van der Waals surface area contributed by atoms with Gasteiger partial charge in [0.1, 0.15) is 0 Å². The summed E-state index contributed by atoms with van der Waals surface area (Å²) in [7, 11) is -3.77. The summed E-state index contributed by atoms with van der Waals surface area (Å²) in [4.78, 5) is 13.4. The molecule has 0 fully saturated rings. The number of ketones is 1. The molecule has 0 atom stereocenters. The molecule has 4 nitrogen and oxygen atoms in total. The predicted octanol–water partition coefficient (Wildman–Crippen LogP) is 6.23. The van der Waals surface area contributed by atoms with E-state index in [0.717, 1.165) is 29.5 Å². The van der Waals surface area contributed by atoms with E-state index < -0.39 is 10.0 Å². The molecule has 0 spiro atoms. The molecule has 0 radical (unpaired) electrons. The highest BCUT2D eigenvalue weighted by molar-refractivity contribution is 7.90. The average Bonchev–Trinajstić information content (AvgIpc) is 3.22. The van der Waals surface area contributed by atoms with E-state index in [4.69, 9.17) is 0 Å². The summed E-state index contributed by atoms with van der Waals surface area (Å²) >= 11 is 0. The van der Waals surface area contributed by atoms with Gasteiger partial charge in [0.25, 0.3) is 10.0 Å². The number of rotatable bonds is 7. The summed E-state index contributed by atoms with van der Waals surface area (Å²) < 4.78 is 27.9. The van der Waals surface area contributed by atoms with Crippen molar-refractivity contribution in [2.45, 2.75) is 38.0 Å². The number of nitrogens with zero attached hydrogens (tertiary/aromatic N) is 1. The Hall–Kier alpha value is -3.18. The van der Waals surface area contributed by atoms with Crippen LogP contribution in [0.1, 0.15) is 42.1 Å². The smallest absolute Gasteiger partial charge is 0.268 e. The number of aryl methyl sites for hydroxylation is 1. The Morgan fingerprint density at radius 3 is 2.29 bits per heavy atom. The van der Waals surface area contributed by atoms with Gasteiger partial charge < -0.3 is 0 Å². The molecular formula is C26H25NO3S. The van der Waals surface area contributed by atoms with Crippen LogP contribution in [-0.2, 0) is 10.0 Å². The molecule has 0 saturated carbocycles. The first-order chi connectivity index (χ1) is 14.9. The minimum atomic E-state index is -3.77. The Labute approximate surface area is 183 Å². The summed E-state index contributed by atoms with van der Waals surface area (Å²) in [6, 6.07) is 21.9. The highest BCUT2D eigenvalue weighted by Gasteiger charge is 2.23. The van der Waals surface area contributed by atoms with Gasteiger partial charge in [0.15, 0.2) is 5.78 Å². The second-order valence-electron chi connectivity index (χ2n) is 7.74. The van der Waals surface area contributed by atoms with Crippen LogP contribution in [0, 0.1) is 6.92 Å². The van der Waals surface area contributed by atoms with Gasteiger partial charge in [0.2, 0.25) is 0 Å². The third-order valence-electron chi connectivity index (χ3n) is 5.54. The van der Waals surface area contributed by atoms with Crippen LogP contribution in [0.15, 0.2) is 83.9 Å². The van der Waals surface area contributed by atoms with Crippen molar-refractivity contribution in [3.63, 3.8) is 0 Å². The molecule has 1 aromatic heterocycles. The van der Waals surface area contributed by atoms with E-state index in [1.165, 1.54) is 3.97 Å². The maximum absolute atomic E-state index is 13.3. The first-order valence-corrected chi connectivity index (χ1v) is 11.9. The zero-order valence-corrected chi connectivity index (χ0v) is 18.5. The molecule has 0 unspecified atom stereocenters. The monoisotopic (exact) mass is 431 g/mol. The SMILES string of the molecule is CCCCC(=O)c1c(-c2ccccc2)ccc2c1ccn2S(=O)(=O)c1ccc(C)cc1. The fourth-order valence-electron chi connectivity index (χ4n) is 3.85. The lowest BCUT2D eigenvalue weighted by Crippen LogP contribution is -2.12. The molecule has 0 aliphatic rings. The van der Waals surface area contributed by atoms with Gasteiger partial charge in [0.05, 0.1) is 10.4 Å². The quantitative estimate of drug-likeness (QED) is 0.326. The zero-order valence-electron chi connectivity index (χ0n) is 17.7. The number of unbranched alkanes of at least 4 members (excludes halogenated alkanes) is 1. The van der Waals surface area contributed by atoms with Crippen molar-refractivity contribution in [2.75, 3.05) is 0 Å². The Balaban J connectivity index is 1.93. The minimum Gasteiger partial charge on any atom is -0.294 e. The van der Waals surface area contributed by atoms with E-state index in [2.05, 4.69) is 6.92 Å². The Morgan fingerprint density at radius 2 is 1.61 bits per heavy atom. The Morgan fingerprint density at radius 1 is 0.903 bits per heavy atom. The van der Waals surface area contributed by atoms with Gasteiger partial charge in [-0.3, -0.25) is 4.79 Å². The van der Waals surface area contributed by atoms with Crippen molar-refractivity contribution < 1.29 is 13.2 Å². The third kappa shape index (κ3) is 3.93. The van der Waals surface area contributed by atoms with Crippen molar-refractivity contribution in [1.29, 1.82) is 0 Å². The molecule has 0 N–H and O–H groups in total. The highest BCUT2D eigenvalue weighted by atomic mass is 32.2. The van der Waals surface area contributed by atoms with Gasteiger partial charge in [-0.15, -0.1) is 0 Å². The van der Waals surface area contributed by atoms with Crippen molar-refractivity contribution in [3.05, 3.63) is 90.1 Å². The van der Waals surface area contributed by atoms with Crippen LogP contribution in [0.3, 0.4) is 0 Å². The van der Waals surface area contributed by atoms with Crippen LogP contribution in [-0.4, -0.2) is 18.2 Å². The van der Waals surface area contributed by atoms with Crippen LogP contribution < -0.4 is 0 Å². The molecule has 31 heavy (non-hydrogen) atoms. The molecule has 4 aromatic rings. The van der Waals surface area contributed by atoms with E-state index in [1.807, 2.05) is 43.3 Å². The number of fused-ring (bicyclic) bond motifs is 1. The maximum Gasteiger partial charge on any atom is 0.268 e. The second kappa shape index (κ2) is 8.52. The predicted molar refractivity (Wildman–Crippen MR) is 125 cm³/mol. The number of hydrogen-bond donors (Lipinski definition) is 0. The molecule has 4 rings (SSSR count). The maximum atomic E-state index is 13.3. The number of carbonyl (C=O) groups excluding carboxylic acids is 1.